The van der Waals surface area contributed by atoms with Crippen LogP contribution in [0.2, 0.25) is 0 Å². The highest BCUT2D eigenvalue weighted by Crippen LogP contribution is 2.33. The molecule has 2 rings (SSSR count). The molecule has 0 saturated carbocycles. The summed E-state index contributed by atoms with van der Waals surface area (Å²) in [5.74, 6) is -2.11. The maximum atomic E-state index is 12.5. The van der Waals surface area contributed by atoms with E-state index in [1.165, 1.54) is 0 Å². The van der Waals surface area contributed by atoms with E-state index in [1.807, 2.05) is 6.07 Å². The topological polar surface area (TPSA) is 83.9 Å². The number of ether oxygens (including phenoxy) is 1. The molecule has 6 heteroatoms. The van der Waals surface area contributed by atoms with Gasteiger partial charge in [0, 0.05) is 17.8 Å². The number of hydrogen-bond acceptors (Lipinski definition) is 5. The van der Waals surface area contributed by atoms with Gasteiger partial charge in [0.15, 0.2) is 11.8 Å². The van der Waals surface area contributed by atoms with Gasteiger partial charge in [0.1, 0.15) is 0 Å². The molecule has 0 spiro atoms. The lowest BCUT2D eigenvalue weighted by molar-refractivity contribution is -0.143. The summed E-state index contributed by atoms with van der Waals surface area (Å²) < 4.78 is 5.03. The van der Waals surface area contributed by atoms with Crippen LogP contribution in [0.1, 0.15) is 37.0 Å². The van der Waals surface area contributed by atoms with Crippen molar-refractivity contribution in [2.45, 2.75) is 32.7 Å². The Labute approximate surface area is 135 Å². The number of nitrogens with zero attached hydrogens (tertiary/aromatic N) is 1. The van der Waals surface area contributed by atoms with Gasteiger partial charge in [-0.2, -0.15) is 0 Å². The molecule has 0 unspecified atom stereocenters. The van der Waals surface area contributed by atoms with Crippen molar-refractivity contribution < 1.29 is 24.2 Å². The predicted molar refractivity (Wildman–Crippen MR) is 84.6 cm³/mol. The average Bonchev–Trinajstić information content (AvgIpc) is 2.80. The molecule has 0 amide bonds. The normalized spacial score (nSPS) is 17.7. The second-order valence-corrected chi connectivity index (χ2v) is 5.61. The summed E-state index contributed by atoms with van der Waals surface area (Å²) in [7, 11) is 0. The Balaban J connectivity index is 2.16. The Morgan fingerprint density at radius 3 is 2.70 bits per heavy atom. The molecule has 0 saturated heterocycles. The van der Waals surface area contributed by atoms with Gasteiger partial charge in [0.05, 0.1) is 12.5 Å². The molecule has 1 N–H and O–H groups in total. The first kappa shape index (κ1) is 17.0. The van der Waals surface area contributed by atoms with Crippen LogP contribution in [0.25, 0.3) is 0 Å². The van der Waals surface area contributed by atoms with Gasteiger partial charge in [-0.25, -0.2) is 4.79 Å². The van der Waals surface area contributed by atoms with E-state index in [2.05, 4.69) is 0 Å². The first-order chi connectivity index (χ1) is 11.0. The van der Waals surface area contributed by atoms with E-state index in [-0.39, 0.29) is 12.4 Å². The van der Waals surface area contributed by atoms with Crippen molar-refractivity contribution in [3.63, 3.8) is 0 Å². The van der Waals surface area contributed by atoms with Gasteiger partial charge >= 0.3 is 11.9 Å². The fraction of sp³-hybridized carbons (Fsp3) is 0.471. The number of carbonyl (C=O) groups excluding carboxylic acids is 2. The van der Waals surface area contributed by atoms with Gasteiger partial charge in [-0.1, -0.05) is 19.1 Å². The first-order valence-corrected chi connectivity index (χ1v) is 7.76. The van der Waals surface area contributed by atoms with Gasteiger partial charge in [-0.05, 0) is 31.9 Å². The quantitative estimate of drug-likeness (QED) is 0.612. The number of ketones is 1. The number of anilines is 1. The van der Waals surface area contributed by atoms with Crippen molar-refractivity contribution in [1.29, 1.82) is 0 Å². The van der Waals surface area contributed by atoms with E-state index in [4.69, 9.17) is 9.84 Å². The van der Waals surface area contributed by atoms with E-state index < -0.39 is 23.9 Å². The Morgan fingerprint density at radius 1 is 1.35 bits per heavy atom. The lowest BCUT2D eigenvalue weighted by atomic mass is 10.1. The lowest BCUT2D eigenvalue weighted by Gasteiger charge is -2.25. The summed E-state index contributed by atoms with van der Waals surface area (Å²) >= 11 is 0. The molecule has 0 fully saturated rings. The van der Waals surface area contributed by atoms with E-state index in [0.29, 0.717) is 30.6 Å². The summed E-state index contributed by atoms with van der Waals surface area (Å²) in [5, 5.41) is 8.94. The second kappa shape index (κ2) is 7.26. The van der Waals surface area contributed by atoms with Gasteiger partial charge < -0.3 is 14.7 Å². The van der Waals surface area contributed by atoms with E-state index in [0.717, 1.165) is 0 Å². The number of carboxylic acids is 1. The molecule has 124 valence electrons. The minimum atomic E-state index is -0.965. The number of carbonyl (C=O) groups is 3. The van der Waals surface area contributed by atoms with E-state index >= 15 is 0 Å². The third-order valence-electron chi connectivity index (χ3n) is 4.01. The maximum absolute atomic E-state index is 12.5. The fourth-order valence-electron chi connectivity index (χ4n) is 2.76. The van der Waals surface area contributed by atoms with E-state index in [9.17, 15) is 14.4 Å². The number of para-hydroxylation sites is 1. The zero-order valence-electron chi connectivity index (χ0n) is 13.3. The smallest absolute Gasteiger partial charge is 0.337 e. The van der Waals surface area contributed by atoms with Crippen molar-refractivity contribution in [2.75, 3.05) is 18.1 Å². The van der Waals surface area contributed by atoms with Crippen LogP contribution in [-0.4, -0.2) is 42.0 Å². The number of fused-ring (bicyclic) bond motifs is 1. The van der Waals surface area contributed by atoms with Crippen molar-refractivity contribution in [3.8, 4) is 0 Å². The Morgan fingerprint density at radius 2 is 2.04 bits per heavy atom. The van der Waals surface area contributed by atoms with Crippen LogP contribution in [0.4, 0.5) is 5.69 Å². The largest absolute Gasteiger partial charge is 0.481 e. The molecule has 1 aromatic rings. The molecule has 0 aromatic heterocycles. The molecule has 1 aliphatic heterocycles. The number of rotatable bonds is 7. The highest BCUT2D eigenvalue weighted by Gasteiger charge is 2.42. The van der Waals surface area contributed by atoms with Crippen molar-refractivity contribution in [1.82, 2.24) is 0 Å². The standard InChI is InChI=1S/C17H21NO5/c1-3-23-17(22)14-15(19)12-8-4-5-9-13(12)18(14)10-6-7-11(2)16(20)21/h4-5,8-9,11,14H,3,6-7,10H2,1-2H3,(H,20,21)/t11-,14-/m1/s1. The van der Waals surface area contributed by atoms with Crippen LogP contribution in [0.3, 0.4) is 0 Å². The molecule has 0 aliphatic carbocycles. The van der Waals surface area contributed by atoms with Gasteiger partial charge in [-0.3, -0.25) is 9.59 Å². The minimum absolute atomic E-state index is 0.211. The number of aliphatic carboxylic acids is 1. The Hall–Kier alpha value is -2.37. The highest BCUT2D eigenvalue weighted by atomic mass is 16.5. The van der Waals surface area contributed by atoms with Crippen LogP contribution in [0.15, 0.2) is 24.3 Å². The summed E-state index contributed by atoms with van der Waals surface area (Å²) in [5.41, 5.74) is 1.22. The van der Waals surface area contributed by atoms with Crippen LogP contribution in [0, 0.1) is 5.92 Å². The van der Waals surface area contributed by atoms with Gasteiger partial charge in [-0.15, -0.1) is 0 Å². The van der Waals surface area contributed by atoms with Gasteiger partial charge in [0.2, 0.25) is 0 Å². The number of benzene rings is 1. The molecular weight excluding hydrogens is 298 g/mol. The fourth-order valence-corrected chi connectivity index (χ4v) is 2.76. The van der Waals surface area contributed by atoms with Crippen molar-refractivity contribution in [3.05, 3.63) is 29.8 Å². The van der Waals surface area contributed by atoms with Crippen LogP contribution >= 0.6 is 0 Å². The molecule has 1 aromatic carbocycles. The molecule has 1 aliphatic rings. The monoisotopic (exact) mass is 319 g/mol. The minimum Gasteiger partial charge on any atom is -0.481 e. The molecule has 0 bridgehead atoms. The molecule has 1 heterocycles. The number of hydrogen-bond donors (Lipinski definition) is 1. The SMILES string of the molecule is CCOC(=O)[C@H]1C(=O)c2ccccc2N1CCC[C@@H](C)C(=O)O. The Kier molecular flexibility index (Phi) is 5.36. The summed E-state index contributed by atoms with van der Waals surface area (Å²) in [6, 6.07) is 6.10. The summed E-state index contributed by atoms with van der Waals surface area (Å²) in [4.78, 5) is 37.3. The maximum Gasteiger partial charge on any atom is 0.337 e. The van der Waals surface area contributed by atoms with Crippen LogP contribution < -0.4 is 4.90 Å². The second-order valence-electron chi connectivity index (χ2n) is 5.61. The zero-order valence-corrected chi connectivity index (χ0v) is 13.3. The molecule has 6 nitrogen and oxygen atoms in total. The zero-order chi connectivity index (χ0) is 17.0. The average molecular weight is 319 g/mol. The van der Waals surface area contributed by atoms with Crippen LogP contribution in [-0.2, 0) is 14.3 Å². The van der Waals surface area contributed by atoms with Crippen molar-refractivity contribution >= 4 is 23.4 Å². The van der Waals surface area contributed by atoms with Crippen molar-refractivity contribution in [2.24, 2.45) is 5.92 Å². The molecule has 2 atom stereocenters. The number of esters is 1. The molecular formula is C17H21NO5. The summed E-state index contributed by atoms with van der Waals surface area (Å²) in [6.45, 7) is 3.99. The highest BCUT2D eigenvalue weighted by molar-refractivity contribution is 6.20. The third-order valence-corrected chi connectivity index (χ3v) is 4.01. The number of Topliss-reactive ketones (excluding diaryl/α,β-unsaturated/α-hetero) is 1. The summed E-state index contributed by atoms with van der Waals surface area (Å²) in [6.07, 6.45) is 1.06. The molecule has 23 heavy (non-hydrogen) atoms. The molecule has 0 radical (unpaired) electrons. The van der Waals surface area contributed by atoms with E-state index in [1.54, 1.807) is 36.9 Å². The lowest BCUT2D eigenvalue weighted by Crippen LogP contribution is -2.43. The van der Waals surface area contributed by atoms with Gasteiger partial charge in [0.25, 0.3) is 0 Å². The number of carboxylic acid groups (broad SMARTS) is 1. The van der Waals surface area contributed by atoms with Crippen LogP contribution in [0.5, 0.6) is 0 Å². The first-order valence-electron chi connectivity index (χ1n) is 7.76. The predicted octanol–water partition coefficient (Wildman–Crippen LogP) is 2.12. The third kappa shape index (κ3) is 3.52. The Bertz CT molecular complexity index is 613.